The summed E-state index contributed by atoms with van der Waals surface area (Å²) in [6.45, 7) is 4.04. The van der Waals surface area contributed by atoms with Crippen LogP contribution in [0.15, 0.2) is 12.5 Å². The zero-order valence-electron chi connectivity index (χ0n) is 9.80. The van der Waals surface area contributed by atoms with Gasteiger partial charge in [-0.25, -0.2) is 9.78 Å². The minimum absolute atomic E-state index is 0.0181. The highest BCUT2D eigenvalue weighted by Gasteiger charge is 2.20. The number of carboxylic acids is 1. The Balaban J connectivity index is 2.41. The fraction of sp³-hybridized carbons (Fsp3) is 0.500. The van der Waals surface area contributed by atoms with Gasteiger partial charge in [-0.15, -0.1) is 0 Å². The number of rotatable bonds is 5. The zero-order chi connectivity index (χ0) is 13.1. The Morgan fingerprint density at radius 3 is 2.71 bits per heavy atom. The molecule has 1 aromatic heterocycles. The van der Waals surface area contributed by atoms with Gasteiger partial charge in [-0.3, -0.25) is 4.79 Å². The van der Waals surface area contributed by atoms with E-state index in [1.807, 2.05) is 0 Å². The Hall–Kier alpha value is -1.89. The molecular formula is C10H16N4O3. The Morgan fingerprint density at radius 2 is 2.24 bits per heavy atom. The lowest BCUT2D eigenvalue weighted by Gasteiger charge is -2.17. The maximum Gasteiger partial charge on any atom is 0.356 e. The number of carbonyl (C=O) groups is 2. The number of aromatic carboxylic acids is 1. The van der Waals surface area contributed by atoms with Crippen molar-refractivity contribution < 1.29 is 14.7 Å². The maximum atomic E-state index is 11.4. The predicted molar refractivity (Wildman–Crippen MR) is 60.5 cm³/mol. The molecule has 0 atom stereocenters. The number of hydrogen-bond acceptors (Lipinski definition) is 4. The van der Waals surface area contributed by atoms with Crippen molar-refractivity contribution in [1.29, 1.82) is 0 Å². The van der Waals surface area contributed by atoms with Crippen LogP contribution < -0.4 is 11.1 Å². The maximum absolute atomic E-state index is 11.4. The molecule has 0 aromatic carbocycles. The highest BCUT2D eigenvalue weighted by molar-refractivity contribution is 5.85. The Morgan fingerprint density at radius 1 is 1.59 bits per heavy atom. The van der Waals surface area contributed by atoms with Gasteiger partial charge < -0.3 is 20.7 Å². The SMILES string of the molecule is CC(C)(N)C(=O)NCCn1cnc(C(=O)O)c1. The van der Waals surface area contributed by atoms with E-state index in [1.54, 1.807) is 18.4 Å². The molecular weight excluding hydrogens is 224 g/mol. The van der Waals surface area contributed by atoms with E-state index in [0.717, 1.165) is 0 Å². The van der Waals surface area contributed by atoms with Crippen LogP contribution in [0.3, 0.4) is 0 Å². The largest absolute Gasteiger partial charge is 0.476 e. The number of carbonyl (C=O) groups excluding carboxylic acids is 1. The number of aromatic nitrogens is 2. The highest BCUT2D eigenvalue weighted by Crippen LogP contribution is 1.97. The van der Waals surface area contributed by atoms with Gasteiger partial charge in [0.25, 0.3) is 0 Å². The number of imidazole rings is 1. The first-order chi connectivity index (χ1) is 7.80. The van der Waals surface area contributed by atoms with Crippen molar-refractivity contribution in [1.82, 2.24) is 14.9 Å². The normalized spacial score (nSPS) is 11.2. The van der Waals surface area contributed by atoms with E-state index in [4.69, 9.17) is 10.8 Å². The molecule has 0 saturated heterocycles. The Bertz CT molecular complexity index is 419. The third kappa shape index (κ3) is 3.87. The summed E-state index contributed by atoms with van der Waals surface area (Å²) in [6.07, 6.45) is 2.81. The molecule has 0 fully saturated rings. The molecule has 1 amide bonds. The third-order valence-corrected chi connectivity index (χ3v) is 2.09. The number of nitrogens with zero attached hydrogens (tertiary/aromatic N) is 2. The molecule has 0 spiro atoms. The minimum atomic E-state index is -1.07. The second kappa shape index (κ2) is 4.96. The van der Waals surface area contributed by atoms with E-state index < -0.39 is 11.5 Å². The van der Waals surface area contributed by atoms with Crippen LogP contribution in [0.2, 0.25) is 0 Å². The summed E-state index contributed by atoms with van der Waals surface area (Å²) in [5.41, 5.74) is 4.66. The topological polar surface area (TPSA) is 110 Å². The van der Waals surface area contributed by atoms with E-state index in [0.29, 0.717) is 13.1 Å². The molecule has 1 heterocycles. The number of amides is 1. The van der Waals surface area contributed by atoms with Crippen LogP contribution in [-0.4, -0.2) is 38.6 Å². The standard InChI is InChI=1S/C10H16N4O3/c1-10(2,11)9(17)12-3-4-14-5-7(8(15)16)13-6-14/h5-6H,3-4,11H2,1-2H3,(H,12,17)(H,15,16). The highest BCUT2D eigenvalue weighted by atomic mass is 16.4. The summed E-state index contributed by atoms with van der Waals surface area (Å²) in [5, 5.41) is 11.3. The fourth-order valence-electron chi connectivity index (χ4n) is 1.12. The molecule has 0 aliphatic carbocycles. The van der Waals surface area contributed by atoms with Gasteiger partial charge in [0.1, 0.15) is 0 Å². The lowest BCUT2D eigenvalue weighted by molar-refractivity contribution is -0.125. The van der Waals surface area contributed by atoms with Crippen LogP contribution >= 0.6 is 0 Å². The molecule has 17 heavy (non-hydrogen) atoms. The van der Waals surface area contributed by atoms with Gasteiger partial charge in [0.15, 0.2) is 5.69 Å². The quantitative estimate of drug-likeness (QED) is 0.638. The van der Waals surface area contributed by atoms with E-state index in [-0.39, 0.29) is 11.6 Å². The first kappa shape index (κ1) is 13.2. The minimum Gasteiger partial charge on any atom is -0.476 e. The van der Waals surface area contributed by atoms with Crippen molar-refractivity contribution in [2.45, 2.75) is 25.9 Å². The molecule has 94 valence electrons. The number of nitrogens with one attached hydrogen (secondary N) is 1. The summed E-state index contributed by atoms with van der Waals surface area (Å²) in [6, 6.07) is 0. The molecule has 0 bridgehead atoms. The molecule has 7 heteroatoms. The number of hydrogen-bond donors (Lipinski definition) is 3. The van der Waals surface area contributed by atoms with Gasteiger partial charge in [-0.2, -0.15) is 0 Å². The molecule has 1 rings (SSSR count). The van der Waals surface area contributed by atoms with Gasteiger partial charge in [0, 0.05) is 19.3 Å². The fourth-order valence-corrected chi connectivity index (χ4v) is 1.12. The summed E-state index contributed by atoms with van der Waals surface area (Å²) >= 11 is 0. The van der Waals surface area contributed by atoms with Crippen molar-refractivity contribution in [2.75, 3.05) is 6.54 Å². The van der Waals surface area contributed by atoms with Crippen molar-refractivity contribution in [3.63, 3.8) is 0 Å². The summed E-state index contributed by atoms with van der Waals surface area (Å²) < 4.78 is 1.59. The van der Waals surface area contributed by atoms with Crippen LogP contribution in [0.4, 0.5) is 0 Å². The van der Waals surface area contributed by atoms with Crippen molar-refractivity contribution >= 4 is 11.9 Å². The van der Waals surface area contributed by atoms with Gasteiger partial charge >= 0.3 is 5.97 Å². The smallest absolute Gasteiger partial charge is 0.356 e. The molecule has 7 nitrogen and oxygen atoms in total. The van der Waals surface area contributed by atoms with E-state index in [1.165, 1.54) is 12.5 Å². The van der Waals surface area contributed by atoms with Crippen molar-refractivity contribution in [3.8, 4) is 0 Å². The molecule has 0 aliphatic rings. The number of carboxylic acid groups (broad SMARTS) is 1. The van der Waals surface area contributed by atoms with Crippen LogP contribution in [0.25, 0.3) is 0 Å². The first-order valence-corrected chi connectivity index (χ1v) is 5.13. The number of nitrogens with two attached hydrogens (primary N) is 1. The second-order valence-electron chi connectivity index (χ2n) is 4.28. The van der Waals surface area contributed by atoms with Crippen LogP contribution in [0, 0.1) is 0 Å². The molecule has 0 saturated carbocycles. The third-order valence-electron chi connectivity index (χ3n) is 2.09. The zero-order valence-corrected chi connectivity index (χ0v) is 9.80. The van der Waals surface area contributed by atoms with Crippen LogP contribution in [-0.2, 0) is 11.3 Å². The van der Waals surface area contributed by atoms with Gasteiger partial charge in [-0.1, -0.05) is 0 Å². The Labute approximate surface area is 98.6 Å². The van der Waals surface area contributed by atoms with Crippen LogP contribution in [0.1, 0.15) is 24.3 Å². The van der Waals surface area contributed by atoms with Crippen molar-refractivity contribution in [3.05, 3.63) is 18.2 Å². The summed E-state index contributed by atoms with van der Waals surface area (Å²) in [7, 11) is 0. The lowest BCUT2D eigenvalue weighted by atomic mass is 10.1. The summed E-state index contributed by atoms with van der Waals surface area (Å²) in [5.74, 6) is -1.33. The molecule has 4 N–H and O–H groups in total. The second-order valence-corrected chi connectivity index (χ2v) is 4.28. The predicted octanol–water partition coefficient (Wildman–Crippen LogP) is -0.565. The van der Waals surface area contributed by atoms with E-state index in [9.17, 15) is 9.59 Å². The average Bonchev–Trinajstić information content (AvgIpc) is 2.64. The molecule has 1 aromatic rings. The molecule has 0 unspecified atom stereocenters. The average molecular weight is 240 g/mol. The van der Waals surface area contributed by atoms with Gasteiger partial charge in [0.2, 0.25) is 5.91 Å². The molecule has 0 radical (unpaired) electrons. The van der Waals surface area contributed by atoms with Crippen LogP contribution in [0.5, 0.6) is 0 Å². The Kier molecular flexibility index (Phi) is 3.84. The lowest BCUT2D eigenvalue weighted by Crippen LogP contribution is -2.49. The van der Waals surface area contributed by atoms with Gasteiger partial charge in [-0.05, 0) is 13.8 Å². The van der Waals surface area contributed by atoms with Crippen molar-refractivity contribution in [2.24, 2.45) is 5.73 Å². The summed E-state index contributed by atoms with van der Waals surface area (Å²) in [4.78, 5) is 25.7. The van der Waals surface area contributed by atoms with Gasteiger partial charge in [0.05, 0.1) is 11.9 Å². The molecule has 0 aliphatic heterocycles. The first-order valence-electron chi connectivity index (χ1n) is 5.13. The van der Waals surface area contributed by atoms with E-state index >= 15 is 0 Å². The van der Waals surface area contributed by atoms with E-state index in [2.05, 4.69) is 10.3 Å². The monoisotopic (exact) mass is 240 g/mol.